The van der Waals surface area contributed by atoms with E-state index in [2.05, 4.69) is 5.10 Å². The Labute approximate surface area is 117 Å². The van der Waals surface area contributed by atoms with E-state index in [1.807, 2.05) is 18.7 Å². The monoisotopic (exact) mass is 280 g/mol. The van der Waals surface area contributed by atoms with Crippen LogP contribution in [-0.4, -0.2) is 62.2 Å². The zero-order valence-corrected chi connectivity index (χ0v) is 12.3. The molecule has 1 aliphatic rings. The normalized spacial score (nSPS) is 19.4. The molecule has 0 atom stereocenters. The van der Waals surface area contributed by atoms with Crippen molar-refractivity contribution in [1.82, 2.24) is 19.6 Å². The molecule has 7 heteroatoms. The predicted octanol–water partition coefficient (Wildman–Crippen LogP) is 0.171. The summed E-state index contributed by atoms with van der Waals surface area (Å²) in [6.45, 7) is 5.47. The fourth-order valence-corrected chi connectivity index (χ4v) is 2.54. The summed E-state index contributed by atoms with van der Waals surface area (Å²) in [6.07, 6.45) is 1.35. The van der Waals surface area contributed by atoms with E-state index in [0.29, 0.717) is 25.3 Å². The molecule has 1 fully saturated rings. The number of carboxylic acid groups (broad SMARTS) is 1. The molecule has 7 nitrogen and oxygen atoms in total. The van der Waals surface area contributed by atoms with Gasteiger partial charge in [0.15, 0.2) is 0 Å². The van der Waals surface area contributed by atoms with Crippen molar-refractivity contribution < 1.29 is 14.7 Å². The van der Waals surface area contributed by atoms with E-state index >= 15 is 0 Å². The Balaban J connectivity index is 2.28. The van der Waals surface area contributed by atoms with Crippen molar-refractivity contribution in [1.29, 1.82) is 0 Å². The fourth-order valence-electron chi connectivity index (χ4n) is 2.54. The first kappa shape index (κ1) is 14.5. The molecular formula is C13H20N4O3. The number of carbonyl (C=O) groups excluding carboxylic acids is 1. The third-order valence-corrected chi connectivity index (χ3v) is 4.00. The molecule has 2 rings (SSSR count). The highest BCUT2D eigenvalue weighted by atomic mass is 16.4. The van der Waals surface area contributed by atoms with Gasteiger partial charge in [0.25, 0.3) is 0 Å². The highest BCUT2D eigenvalue weighted by molar-refractivity contribution is 5.89. The molecule has 1 N–H and O–H groups in total. The maximum absolute atomic E-state index is 12.2. The Kier molecular flexibility index (Phi) is 3.56. The lowest BCUT2D eigenvalue weighted by Gasteiger charge is -2.44. The number of piperazine rings is 1. The van der Waals surface area contributed by atoms with Crippen LogP contribution in [0.15, 0.2) is 6.20 Å². The van der Waals surface area contributed by atoms with E-state index < -0.39 is 11.5 Å². The van der Waals surface area contributed by atoms with Gasteiger partial charge in [-0.3, -0.25) is 14.4 Å². The molecule has 1 amide bonds. The molecule has 0 saturated carbocycles. The summed E-state index contributed by atoms with van der Waals surface area (Å²) in [7, 11) is 3.50. The van der Waals surface area contributed by atoms with Gasteiger partial charge in [0, 0.05) is 33.7 Å². The van der Waals surface area contributed by atoms with Crippen LogP contribution in [-0.2, 0) is 18.4 Å². The first-order valence-corrected chi connectivity index (χ1v) is 6.50. The van der Waals surface area contributed by atoms with Gasteiger partial charge in [-0.05, 0) is 13.8 Å². The fraction of sp³-hybridized carbons (Fsp3) is 0.615. The van der Waals surface area contributed by atoms with Crippen LogP contribution >= 0.6 is 0 Å². The summed E-state index contributed by atoms with van der Waals surface area (Å²) in [6, 6.07) is 0. The summed E-state index contributed by atoms with van der Waals surface area (Å²) in [5, 5.41) is 13.2. The number of aromatic nitrogens is 2. The van der Waals surface area contributed by atoms with Gasteiger partial charge >= 0.3 is 5.97 Å². The van der Waals surface area contributed by atoms with Crippen LogP contribution in [0.2, 0.25) is 0 Å². The van der Waals surface area contributed by atoms with Crippen molar-refractivity contribution in [3.05, 3.63) is 17.5 Å². The average Bonchev–Trinajstić information content (AvgIpc) is 2.72. The Bertz CT molecular complexity index is 550. The maximum atomic E-state index is 12.2. The van der Waals surface area contributed by atoms with Crippen molar-refractivity contribution in [3.63, 3.8) is 0 Å². The molecule has 0 aliphatic carbocycles. The molecule has 0 unspecified atom stereocenters. The zero-order valence-electron chi connectivity index (χ0n) is 12.3. The van der Waals surface area contributed by atoms with Crippen molar-refractivity contribution >= 4 is 11.9 Å². The number of likely N-dealkylation sites (N-methyl/N-ethyl adjacent to an activating group) is 1. The number of rotatable bonds is 3. The summed E-state index contributed by atoms with van der Waals surface area (Å²) in [4.78, 5) is 27.1. The molecule has 20 heavy (non-hydrogen) atoms. The maximum Gasteiger partial charge on any atom is 0.339 e. The van der Waals surface area contributed by atoms with Gasteiger partial charge in [0.2, 0.25) is 5.91 Å². The van der Waals surface area contributed by atoms with Crippen molar-refractivity contribution in [2.45, 2.75) is 25.9 Å². The molecule has 0 aromatic carbocycles. The predicted molar refractivity (Wildman–Crippen MR) is 72.3 cm³/mol. The number of amides is 1. The van der Waals surface area contributed by atoms with Crippen molar-refractivity contribution in [3.8, 4) is 0 Å². The van der Waals surface area contributed by atoms with Gasteiger partial charge in [0.05, 0.1) is 17.4 Å². The van der Waals surface area contributed by atoms with Gasteiger partial charge in [-0.25, -0.2) is 4.79 Å². The number of aryl methyl sites for hydroxylation is 1. The van der Waals surface area contributed by atoms with Crippen molar-refractivity contribution in [2.24, 2.45) is 7.05 Å². The number of carboxylic acids is 1. The molecule has 110 valence electrons. The summed E-state index contributed by atoms with van der Waals surface area (Å²) in [5.41, 5.74) is 0.158. The van der Waals surface area contributed by atoms with E-state index in [1.54, 1.807) is 23.7 Å². The molecule has 0 bridgehead atoms. The van der Waals surface area contributed by atoms with Gasteiger partial charge < -0.3 is 10.0 Å². The van der Waals surface area contributed by atoms with E-state index in [1.165, 1.54) is 6.20 Å². The number of hydrogen-bond acceptors (Lipinski definition) is 4. The minimum atomic E-state index is -0.994. The largest absolute Gasteiger partial charge is 0.478 e. The van der Waals surface area contributed by atoms with Crippen LogP contribution < -0.4 is 0 Å². The zero-order chi connectivity index (χ0) is 15.1. The minimum absolute atomic E-state index is 0.0443. The van der Waals surface area contributed by atoms with Gasteiger partial charge in [-0.15, -0.1) is 0 Å². The highest BCUT2D eigenvalue weighted by Gasteiger charge is 2.41. The van der Waals surface area contributed by atoms with Crippen molar-refractivity contribution in [2.75, 3.05) is 20.1 Å². The minimum Gasteiger partial charge on any atom is -0.478 e. The van der Waals surface area contributed by atoms with E-state index in [-0.39, 0.29) is 11.5 Å². The number of aromatic carboxylic acids is 1. The Morgan fingerprint density at radius 1 is 1.40 bits per heavy atom. The van der Waals surface area contributed by atoms with E-state index in [4.69, 9.17) is 0 Å². The number of hydrogen-bond donors (Lipinski definition) is 1. The van der Waals surface area contributed by atoms with Gasteiger partial charge in [0.1, 0.15) is 5.56 Å². The Morgan fingerprint density at radius 2 is 2.05 bits per heavy atom. The standard InChI is InChI=1S/C13H20N4O3/c1-13(2)12(20)15(3)5-6-17(13)8-10-9(11(18)19)7-14-16(10)4/h7H,5-6,8H2,1-4H3,(H,18,19). The van der Waals surface area contributed by atoms with Gasteiger partial charge in [-0.2, -0.15) is 5.10 Å². The molecular weight excluding hydrogens is 260 g/mol. The second kappa shape index (κ2) is 4.90. The lowest BCUT2D eigenvalue weighted by molar-refractivity contribution is -0.147. The van der Waals surface area contributed by atoms with Crippen LogP contribution in [0.4, 0.5) is 0 Å². The average molecular weight is 280 g/mol. The third-order valence-electron chi connectivity index (χ3n) is 4.00. The molecule has 1 aromatic heterocycles. The van der Waals surface area contributed by atoms with Crippen LogP contribution in [0.3, 0.4) is 0 Å². The molecule has 0 spiro atoms. The van der Waals surface area contributed by atoms with Crippen LogP contribution in [0.25, 0.3) is 0 Å². The van der Waals surface area contributed by atoms with Gasteiger partial charge in [-0.1, -0.05) is 0 Å². The first-order chi connectivity index (χ1) is 9.25. The lowest BCUT2D eigenvalue weighted by Crippen LogP contribution is -2.61. The summed E-state index contributed by atoms with van der Waals surface area (Å²) < 4.78 is 1.56. The van der Waals surface area contributed by atoms with E-state index in [9.17, 15) is 14.7 Å². The van der Waals surface area contributed by atoms with Crippen LogP contribution in [0.5, 0.6) is 0 Å². The molecule has 1 saturated heterocycles. The van der Waals surface area contributed by atoms with Crippen LogP contribution in [0, 0.1) is 0 Å². The highest BCUT2D eigenvalue weighted by Crippen LogP contribution is 2.24. The Hall–Kier alpha value is -1.89. The number of nitrogens with zero attached hydrogens (tertiary/aromatic N) is 4. The summed E-state index contributed by atoms with van der Waals surface area (Å²) in [5.74, 6) is -0.950. The quantitative estimate of drug-likeness (QED) is 0.854. The molecule has 1 aliphatic heterocycles. The third kappa shape index (κ3) is 2.29. The molecule has 0 radical (unpaired) electrons. The smallest absolute Gasteiger partial charge is 0.339 e. The topological polar surface area (TPSA) is 78.7 Å². The Morgan fingerprint density at radius 3 is 2.65 bits per heavy atom. The first-order valence-electron chi connectivity index (χ1n) is 6.50. The van der Waals surface area contributed by atoms with Crippen LogP contribution in [0.1, 0.15) is 29.9 Å². The summed E-state index contributed by atoms with van der Waals surface area (Å²) >= 11 is 0. The van der Waals surface area contributed by atoms with E-state index in [0.717, 1.165) is 0 Å². The molecule has 1 aromatic rings. The SMILES string of the molecule is CN1CCN(Cc2c(C(=O)O)cnn2C)C(C)(C)C1=O. The molecule has 2 heterocycles. The lowest BCUT2D eigenvalue weighted by atomic mass is 9.97. The second-order valence-electron chi connectivity index (χ2n) is 5.64. The number of carbonyl (C=O) groups is 2. The second-order valence-corrected chi connectivity index (χ2v) is 5.64.